The lowest BCUT2D eigenvalue weighted by Crippen LogP contribution is -2.21. The van der Waals surface area contributed by atoms with Gasteiger partial charge in [0.1, 0.15) is 28.3 Å². The molecular formula is C28H27NO7S. The summed E-state index contributed by atoms with van der Waals surface area (Å²) in [4.78, 5) is 38.6. The van der Waals surface area contributed by atoms with Crippen molar-refractivity contribution in [3.05, 3.63) is 80.5 Å². The molecule has 0 saturated carbocycles. The van der Waals surface area contributed by atoms with Crippen molar-refractivity contribution in [1.82, 2.24) is 0 Å². The van der Waals surface area contributed by atoms with Gasteiger partial charge in [0, 0.05) is 10.9 Å². The number of amides is 1. The molecule has 0 aliphatic rings. The number of hydrogen-bond donors (Lipinski definition) is 1. The zero-order chi connectivity index (χ0) is 26.5. The van der Waals surface area contributed by atoms with Crippen LogP contribution in [0.25, 0.3) is 11.0 Å². The van der Waals surface area contributed by atoms with Gasteiger partial charge in [0.15, 0.2) is 6.61 Å². The Labute approximate surface area is 217 Å². The molecule has 4 aromatic rings. The van der Waals surface area contributed by atoms with E-state index in [0.717, 1.165) is 16.9 Å². The van der Waals surface area contributed by atoms with Crippen LogP contribution < -0.4 is 20.2 Å². The number of aryl methyl sites for hydroxylation is 2. The average Bonchev–Trinajstić information content (AvgIpc) is 3.17. The fourth-order valence-electron chi connectivity index (χ4n) is 3.65. The molecule has 1 amide bonds. The van der Waals surface area contributed by atoms with Gasteiger partial charge in [-0.3, -0.25) is 9.59 Å². The quantitative estimate of drug-likeness (QED) is 0.269. The zero-order valence-electron chi connectivity index (χ0n) is 21.0. The summed E-state index contributed by atoms with van der Waals surface area (Å²) in [6.07, 6.45) is 2.17. The lowest BCUT2D eigenvalue weighted by molar-refractivity contribution is -0.118. The molecule has 2 heterocycles. The van der Waals surface area contributed by atoms with Crippen LogP contribution in [-0.4, -0.2) is 25.1 Å². The molecule has 0 radical (unpaired) electrons. The molecule has 0 saturated heterocycles. The summed E-state index contributed by atoms with van der Waals surface area (Å²) < 4.78 is 22.0. The maximum atomic E-state index is 12.9. The second-order valence-electron chi connectivity index (χ2n) is 8.23. The predicted molar refractivity (Wildman–Crippen MR) is 142 cm³/mol. The molecule has 8 nitrogen and oxygen atoms in total. The van der Waals surface area contributed by atoms with Crippen LogP contribution in [-0.2, 0) is 16.0 Å². The molecule has 2 aromatic carbocycles. The minimum atomic E-state index is -0.480. The van der Waals surface area contributed by atoms with Crippen molar-refractivity contribution in [3.8, 4) is 17.2 Å². The smallest absolute Gasteiger partial charge is 0.341 e. The Kier molecular flexibility index (Phi) is 7.93. The highest BCUT2D eigenvalue weighted by molar-refractivity contribution is 7.16. The number of nitrogens with one attached hydrogen (secondary N) is 1. The van der Waals surface area contributed by atoms with Gasteiger partial charge >= 0.3 is 5.97 Å². The molecule has 0 atom stereocenters. The van der Waals surface area contributed by atoms with Crippen LogP contribution >= 0.6 is 11.3 Å². The largest absolute Gasteiger partial charge is 0.484 e. The van der Waals surface area contributed by atoms with E-state index in [2.05, 4.69) is 12.2 Å². The number of carbonyl (C=O) groups excluding carboxylic acids is 2. The number of rotatable bonds is 9. The molecule has 37 heavy (non-hydrogen) atoms. The van der Waals surface area contributed by atoms with E-state index >= 15 is 0 Å². The van der Waals surface area contributed by atoms with Crippen LogP contribution in [0.15, 0.2) is 57.9 Å². The van der Waals surface area contributed by atoms with Crippen molar-refractivity contribution < 1.29 is 28.2 Å². The van der Waals surface area contributed by atoms with Crippen molar-refractivity contribution in [2.24, 2.45) is 0 Å². The van der Waals surface area contributed by atoms with Gasteiger partial charge < -0.3 is 23.9 Å². The second-order valence-corrected chi connectivity index (χ2v) is 9.46. The SMILES string of the molecule is CCOC(=O)c1c(NC(=O)COc2ccc3c(=O)c(Oc4ccc(CC)cc4)coc3c2)sc(C)c1C. The Morgan fingerprint density at radius 2 is 1.76 bits per heavy atom. The maximum absolute atomic E-state index is 12.9. The normalized spacial score (nSPS) is 10.8. The molecule has 2 aromatic heterocycles. The van der Waals surface area contributed by atoms with Crippen LogP contribution in [0.4, 0.5) is 5.00 Å². The third-order valence-electron chi connectivity index (χ3n) is 5.76. The Bertz CT molecular complexity index is 1500. The van der Waals surface area contributed by atoms with E-state index in [1.165, 1.54) is 29.2 Å². The van der Waals surface area contributed by atoms with E-state index in [0.29, 0.717) is 33.0 Å². The average molecular weight is 522 g/mol. The van der Waals surface area contributed by atoms with Gasteiger partial charge in [0.2, 0.25) is 11.2 Å². The first-order chi connectivity index (χ1) is 17.8. The molecule has 4 rings (SSSR count). The minimum absolute atomic E-state index is 0.0729. The highest BCUT2D eigenvalue weighted by Crippen LogP contribution is 2.33. The van der Waals surface area contributed by atoms with Crippen LogP contribution in [0.3, 0.4) is 0 Å². The number of esters is 1. The molecule has 0 unspecified atom stereocenters. The molecule has 0 fully saturated rings. The van der Waals surface area contributed by atoms with Gasteiger partial charge in [0.25, 0.3) is 5.91 Å². The first kappa shape index (κ1) is 26.0. The minimum Gasteiger partial charge on any atom is -0.484 e. The van der Waals surface area contributed by atoms with Gasteiger partial charge in [0.05, 0.1) is 17.6 Å². The van der Waals surface area contributed by atoms with E-state index in [9.17, 15) is 14.4 Å². The van der Waals surface area contributed by atoms with Crippen molar-refractivity contribution in [2.75, 3.05) is 18.5 Å². The summed E-state index contributed by atoms with van der Waals surface area (Å²) in [6.45, 7) is 7.40. The number of hydrogen-bond acceptors (Lipinski definition) is 8. The van der Waals surface area contributed by atoms with Gasteiger partial charge in [-0.15, -0.1) is 11.3 Å². The molecule has 0 aliphatic heterocycles. The van der Waals surface area contributed by atoms with Gasteiger partial charge in [-0.1, -0.05) is 19.1 Å². The second kappa shape index (κ2) is 11.3. The van der Waals surface area contributed by atoms with Crippen LogP contribution in [0.5, 0.6) is 17.2 Å². The highest BCUT2D eigenvalue weighted by atomic mass is 32.1. The monoisotopic (exact) mass is 521 g/mol. The zero-order valence-corrected chi connectivity index (χ0v) is 21.8. The van der Waals surface area contributed by atoms with E-state index < -0.39 is 11.9 Å². The molecular weight excluding hydrogens is 494 g/mol. The van der Waals surface area contributed by atoms with E-state index in [4.69, 9.17) is 18.6 Å². The van der Waals surface area contributed by atoms with E-state index in [-0.39, 0.29) is 24.4 Å². The third-order valence-corrected chi connectivity index (χ3v) is 6.88. The van der Waals surface area contributed by atoms with E-state index in [1.807, 2.05) is 26.0 Å². The highest BCUT2D eigenvalue weighted by Gasteiger charge is 2.22. The van der Waals surface area contributed by atoms with Crippen LogP contribution in [0, 0.1) is 13.8 Å². The van der Waals surface area contributed by atoms with Gasteiger partial charge in [-0.05, 0) is 62.6 Å². The number of carbonyl (C=O) groups is 2. The fourth-order valence-corrected chi connectivity index (χ4v) is 4.71. The Balaban J connectivity index is 1.44. The van der Waals surface area contributed by atoms with Crippen molar-refractivity contribution in [3.63, 3.8) is 0 Å². The summed E-state index contributed by atoms with van der Waals surface area (Å²) in [5.74, 6) is 0.0391. The number of thiophene rings is 1. The molecule has 0 bridgehead atoms. The Morgan fingerprint density at radius 1 is 1.03 bits per heavy atom. The topological polar surface area (TPSA) is 104 Å². The summed E-state index contributed by atoms with van der Waals surface area (Å²) in [5.41, 5.74) is 2.26. The first-order valence-corrected chi connectivity index (χ1v) is 12.6. The standard InChI is InChI=1S/C28H27NO7S/c1-5-18-7-9-19(10-8-18)36-23-14-35-22-13-20(11-12-21(22)26(23)31)34-15-24(30)29-27-25(28(32)33-6-2)16(3)17(4)37-27/h7-14H,5-6,15H2,1-4H3,(H,29,30). The molecule has 9 heteroatoms. The van der Waals surface area contributed by atoms with E-state index in [1.54, 1.807) is 31.2 Å². The van der Waals surface area contributed by atoms with Gasteiger partial charge in [-0.2, -0.15) is 0 Å². The Morgan fingerprint density at radius 3 is 2.46 bits per heavy atom. The summed E-state index contributed by atoms with van der Waals surface area (Å²) >= 11 is 1.30. The number of fused-ring (bicyclic) bond motifs is 1. The molecule has 0 spiro atoms. The predicted octanol–water partition coefficient (Wildman–Crippen LogP) is 6.02. The lowest BCUT2D eigenvalue weighted by Gasteiger charge is -2.09. The lowest BCUT2D eigenvalue weighted by atomic mass is 10.1. The maximum Gasteiger partial charge on any atom is 0.341 e. The molecule has 1 N–H and O–H groups in total. The summed E-state index contributed by atoms with van der Waals surface area (Å²) in [5, 5.41) is 3.47. The number of anilines is 1. The van der Waals surface area contributed by atoms with Crippen LogP contribution in [0.2, 0.25) is 0 Å². The van der Waals surface area contributed by atoms with Crippen LogP contribution in [0.1, 0.15) is 40.2 Å². The first-order valence-electron chi connectivity index (χ1n) is 11.8. The van der Waals surface area contributed by atoms with Crippen molar-refractivity contribution >= 4 is 39.2 Å². The number of benzene rings is 2. The third kappa shape index (κ3) is 5.83. The number of ether oxygens (including phenoxy) is 3. The van der Waals surface area contributed by atoms with Crippen molar-refractivity contribution in [2.45, 2.75) is 34.1 Å². The Hall–Kier alpha value is -4.11. The molecule has 0 aliphatic carbocycles. The summed E-state index contributed by atoms with van der Waals surface area (Å²) in [6, 6.07) is 12.2. The van der Waals surface area contributed by atoms with Gasteiger partial charge in [-0.25, -0.2) is 4.79 Å². The molecule has 192 valence electrons. The van der Waals surface area contributed by atoms with Crippen molar-refractivity contribution in [1.29, 1.82) is 0 Å². The fraction of sp³-hybridized carbons (Fsp3) is 0.250. The summed E-state index contributed by atoms with van der Waals surface area (Å²) in [7, 11) is 0.